The molecule has 24 heavy (non-hydrogen) atoms. The van der Waals surface area contributed by atoms with Gasteiger partial charge in [-0.15, -0.1) is 0 Å². The molecule has 1 aromatic heterocycles. The Morgan fingerprint density at radius 2 is 2.08 bits per heavy atom. The van der Waals surface area contributed by atoms with Crippen LogP contribution in [0.25, 0.3) is 0 Å². The molecular weight excluding hydrogens is 298 g/mol. The number of fused-ring (bicyclic) bond motifs is 1. The van der Waals surface area contributed by atoms with E-state index in [0.717, 1.165) is 43.1 Å². The minimum Gasteiger partial charge on any atom is -0.387 e. The second-order valence-corrected chi connectivity index (χ2v) is 7.11. The van der Waals surface area contributed by atoms with Crippen molar-refractivity contribution in [3.63, 3.8) is 0 Å². The summed E-state index contributed by atoms with van der Waals surface area (Å²) < 4.78 is 0. The van der Waals surface area contributed by atoms with Gasteiger partial charge in [-0.05, 0) is 55.5 Å². The van der Waals surface area contributed by atoms with Crippen LogP contribution in [0.4, 0.5) is 5.82 Å². The lowest BCUT2D eigenvalue weighted by Crippen LogP contribution is -2.37. The molecule has 4 nitrogen and oxygen atoms in total. The highest BCUT2D eigenvalue weighted by atomic mass is 16.3. The lowest BCUT2D eigenvalue weighted by molar-refractivity contribution is 0.0730. The fraction of sp³-hybridized carbons (Fsp3) is 0.450. The molecule has 3 unspecified atom stereocenters. The molecule has 3 atom stereocenters. The van der Waals surface area contributed by atoms with E-state index in [4.69, 9.17) is 0 Å². The van der Waals surface area contributed by atoms with Gasteiger partial charge in [0.2, 0.25) is 0 Å². The first-order valence-electron chi connectivity index (χ1n) is 8.88. The first-order chi connectivity index (χ1) is 11.7. The predicted octanol–water partition coefficient (Wildman–Crippen LogP) is 2.78. The van der Waals surface area contributed by atoms with E-state index in [0.29, 0.717) is 5.92 Å². The van der Waals surface area contributed by atoms with Gasteiger partial charge in [-0.25, -0.2) is 4.98 Å². The number of pyridine rings is 1. The average Bonchev–Trinajstić information content (AvgIpc) is 3.18. The van der Waals surface area contributed by atoms with Crippen LogP contribution in [-0.4, -0.2) is 40.7 Å². The zero-order chi connectivity index (χ0) is 16.5. The highest BCUT2D eigenvalue weighted by Crippen LogP contribution is 2.36. The molecule has 0 bridgehead atoms. The maximum absolute atomic E-state index is 10.7. The smallest absolute Gasteiger partial charge is 0.126 e. The third-order valence-corrected chi connectivity index (χ3v) is 5.41. The lowest BCUT2D eigenvalue weighted by atomic mass is 10.1. The highest BCUT2D eigenvalue weighted by molar-refractivity contribution is 5.36. The summed E-state index contributed by atoms with van der Waals surface area (Å²) in [5.41, 5.74) is 3.47. The fourth-order valence-corrected chi connectivity index (χ4v) is 4.10. The van der Waals surface area contributed by atoms with Crippen molar-refractivity contribution in [1.29, 1.82) is 0 Å². The number of aliphatic hydroxyl groups is 1. The molecule has 0 amide bonds. The Labute approximate surface area is 143 Å². The van der Waals surface area contributed by atoms with Crippen molar-refractivity contribution < 1.29 is 5.11 Å². The summed E-state index contributed by atoms with van der Waals surface area (Å²) in [5.74, 6) is 1.57. The Bertz CT molecular complexity index is 718. The van der Waals surface area contributed by atoms with Crippen molar-refractivity contribution in [3.05, 3.63) is 59.3 Å². The Morgan fingerprint density at radius 3 is 2.92 bits per heavy atom. The van der Waals surface area contributed by atoms with Crippen LogP contribution in [0.2, 0.25) is 0 Å². The van der Waals surface area contributed by atoms with E-state index in [1.165, 1.54) is 12.0 Å². The molecule has 0 spiro atoms. The number of aromatic nitrogens is 1. The van der Waals surface area contributed by atoms with E-state index in [2.05, 4.69) is 33.4 Å². The first-order valence-corrected chi connectivity index (χ1v) is 8.88. The second kappa shape index (κ2) is 6.54. The summed E-state index contributed by atoms with van der Waals surface area (Å²) in [4.78, 5) is 6.98. The standard InChI is InChI=1S/C20H25N3O/c1-14-5-4-8-19(22-14)21-12-15-9-10-23(13-15)18-11-16-6-2-3-7-17(16)20(18)24/h2-8,15,18,20,24H,9-13H2,1H3,(H,21,22). The third-order valence-electron chi connectivity index (χ3n) is 5.41. The van der Waals surface area contributed by atoms with Crippen LogP contribution in [0.15, 0.2) is 42.5 Å². The quantitative estimate of drug-likeness (QED) is 0.908. The Kier molecular flexibility index (Phi) is 4.25. The van der Waals surface area contributed by atoms with Gasteiger partial charge < -0.3 is 10.4 Å². The van der Waals surface area contributed by atoms with Crippen molar-refractivity contribution in [1.82, 2.24) is 9.88 Å². The van der Waals surface area contributed by atoms with Gasteiger partial charge in [0.25, 0.3) is 0 Å². The van der Waals surface area contributed by atoms with Crippen LogP contribution in [0, 0.1) is 12.8 Å². The molecule has 4 rings (SSSR count). The van der Waals surface area contributed by atoms with Crippen molar-refractivity contribution in [2.45, 2.75) is 31.9 Å². The molecule has 1 aromatic carbocycles. The van der Waals surface area contributed by atoms with E-state index < -0.39 is 0 Å². The SMILES string of the molecule is Cc1cccc(NCC2CCN(C3Cc4ccccc4C3O)C2)n1. The molecule has 1 fully saturated rings. The van der Waals surface area contributed by atoms with Gasteiger partial charge in [-0.1, -0.05) is 30.3 Å². The van der Waals surface area contributed by atoms with Crippen molar-refractivity contribution >= 4 is 5.82 Å². The maximum Gasteiger partial charge on any atom is 0.126 e. The topological polar surface area (TPSA) is 48.4 Å². The van der Waals surface area contributed by atoms with Gasteiger partial charge in [-0.3, -0.25) is 4.90 Å². The molecule has 4 heteroatoms. The Hall–Kier alpha value is -1.91. The van der Waals surface area contributed by atoms with Gasteiger partial charge in [0.15, 0.2) is 0 Å². The number of hydrogen-bond acceptors (Lipinski definition) is 4. The third kappa shape index (κ3) is 3.04. The number of nitrogens with zero attached hydrogens (tertiary/aromatic N) is 2. The molecule has 0 radical (unpaired) electrons. The minimum absolute atomic E-state index is 0.240. The zero-order valence-electron chi connectivity index (χ0n) is 14.2. The van der Waals surface area contributed by atoms with Gasteiger partial charge in [0.1, 0.15) is 5.82 Å². The number of hydrogen-bond donors (Lipinski definition) is 2. The summed E-state index contributed by atoms with van der Waals surface area (Å²) in [7, 11) is 0. The van der Waals surface area contributed by atoms with Gasteiger partial charge in [-0.2, -0.15) is 0 Å². The van der Waals surface area contributed by atoms with Gasteiger partial charge in [0.05, 0.1) is 6.10 Å². The Balaban J connectivity index is 1.34. The number of nitrogens with one attached hydrogen (secondary N) is 1. The molecule has 0 saturated carbocycles. The molecule has 2 heterocycles. The molecule has 1 aliphatic carbocycles. The Morgan fingerprint density at radius 1 is 1.21 bits per heavy atom. The van der Waals surface area contributed by atoms with Crippen LogP contribution >= 0.6 is 0 Å². The number of benzene rings is 1. The molecule has 126 valence electrons. The molecule has 2 N–H and O–H groups in total. The van der Waals surface area contributed by atoms with Crippen molar-refractivity contribution in [2.24, 2.45) is 5.92 Å². The predicted molar refractivity (Wildman–Crippen MR) is 96.0 cm³/mol. The number of likely N-dealkylation sites (tertiary alicyclic amines) is 1. The van der Waals surface area contributed by atoms with Gasteiger partial charge in [0, 0.05) is 24.8 Å². The number of anilines is 1. The molecule has 1 saturated heterocycles. The zero-order valence-corrected chi connectivity index (χ0v) is 14.2. The summed E-state index contributed by atoms with van der Waals surface area (Å²) in [6.45, 7) is 5.09. The van der Waals surface area contributed by atoms with Gasteiger partial charge >= 0.3 is 0 Å². The van der Waals surface area contributed by atoms with Crippen molar-refractivity contribution in [2.75, 3.05) is 25.0 Å². The van der Waals surface area contributed by atoms with Crippen LogP contribution in [0.1, 0.15) is 29.3 Å². The molecule has 2 aromatic rings. The molecular formula is C20H25N3O. The average molecular weight is 323 g/mol. The molecule has 2 aliphatic rings. The summed E-state index contributed by atoms with van der Waals surface area (Å²) >= 11 is 0. The largest absolute Gasteiger partial charge is 0.387 e. The van der Waals surface area contributed by atoms with E-state index in [-0.39, 0.29) is 12.1 Å². The summed E-state index contributed by atoms with van der Waals surface area (Å²) in [6.07, 6.45) is 1.81. The minimum atomic E-state index is -0.341. The number of aryl methyl sites for hydroxylation is 1. The normalized spacial score (nSPS) is 26.5. The van der Waals surface area contributed by atoms with Crippen LogP contribution in [0.3, 0.4) is 0 Å². The fourth-order valence-electron chi connectivity index (χ4n) is 4.10. The van der Waals surface area contributed by atoms with Crippen LogP contribution in [-0.2, 0) is 6.42 Å². The highest BCUT2D eigenvalue weighted by Gasteiger charge is 2.37. The van der Waals surface area contributed by atoms with Crippen LogP contribution < -0.4 is 5.32 Å². The number of aliphatic hydroxyl groups excluding tert-OH is 1. The second-order valence-electron chi connectivity index (χ2n) is 7.11. The maximum atomic E-state index is 10.7. The summed E-state index contributed by atoms with van der Waals surface area (Å²) in [5, 5.41) is 14.1. The van der Waals surface area contributed by atoms with Crippen molar-refractivity contribution in [3.8, 4) is 0 Å². The van der Waals surface area contributed by atoms with Crippen LogP contribution in [0.5, 0.6) is 0 Å². The van der Waals surface area contributed by atoms with E-state index in [9.17, 15) is 5.11 Å². The lowest BCUT2D eigenvalue weighted by Gasteiger charge is -2.27. The first kappa shape index (κ1) is 15.6. The molecule has 1 aliphatic heterocycles. The van der Waals surface area contributed by atoms with E-state index in [1.807, 2.05) is 31.2 Å². The monoisotopic (exact) mass is 323 g/mol. The van der Waals surface area contributed by atoms with E-state index in [1.54, 1.807) is 0 Å². The number of rotatable bonds is 4. The van der Waals surface area contributed by atoms with E-state index >= 15 is 0 Å². The summed E-state index contributed by atoms with van der Waals surface area (Å²) in [6, 6.07) is 14.6.